The minimum Gasteiger partial charge on any atom is -0.374 e. The van der Waals surface area contributed by atoms with Gasteiger partial charge in [0.25, 0.3) is 11.7 Å². The summed E-state index contributed by atoms with van der Waals surface area (Å²) in [6, 6.07) is 1.78. The van der Waals surface area contributed by atoms with Gasteiger partial charge in [-0.15, -0.1) is 0 Å². The molecule has 4 atom stereocenters. The number of piperidine rings is 1. The third-order valence-electron chi connectivity index (χ3n) is 10.5. The van der Waals surface area contributed by atoms with Crippen molar-refractivity contribution in [1.29, 1.82) is 0 Å². The molecule has 2 N–H and O–H groups in total. The lowest BCUT2D eigenvalue weighted by atomic mass is 9.69. The van der Waals surface area contributed by atoms with Gasteiger partial charge in [-0.25, -0.2) is 9.50 Å². The molecule has 46 heavy (non-hydrogen) atoms. The number of aryl methyl sites for hydroxylation is 1. The van der Waals surface area contributed by atoms with Crippen LogP contribution in [0.5, 0.6) is 0 Å². The first kappa shape index (κ1) is 30.9. The first-order valence-corrected chi connectivity index (χ1v) is 16.3. The molecule has 1 aliphatic carbocycles. The zero-order valence-corrected chi connectivity index (χ0v) is 26.1. The van der Waals surface area contributed by atoms with E-state index in [-0.39, 0.29) is 30.9 Å². The van der Waals surface area contributed by atoms with Crippen LogP contribution in [0, 0.1) is 17.8 Å². The molecule has 3 saturated heterocycles. The van der Waals surface area contributed by atoms with E-state index in [1.54, 1.807) is 21.5 Å². The van der Waals surface area contributed by atoms with E-state index in [2.05, 4.69) is 27.6 Å². The van der Waals surface area contributed by atoms with Gasteiger partial charge in [0.1, 0.15) is 11.4 Å². The Hall–Kier alpha value is -3.75. The number of imidazole rings is 1. The van der Waals surface area contributed by atoms with Crippen molar-refractivity contribution >= 4 is 23.4 Å². The molecule has 4 aliphatic rings. The number of nitrogens with one attached hydrogen (secondary N) is 2. The number of nitrogens with zero attached hydrogens (tertiary/aromatic N) is 7. The Kier molecular flexibility index (Phi) is 7.92. The molecular formula is C31H40F3N9O3. The highest BCUT2D eigenvalue weighted by atomic mass is 19.4. The Morgan fingerprint density at radius 1 is 1.22 bits per heavy atom. The second-order valence-corrected chi connectivity index (χ2v) is 13.5. The van der Waals surface area contributed by atoms with Crippen molar-refractivity contribution in [3.05, 3.63) is 35.5 Å². The number of halogens is 3. The Balaban J connectivity index is 1.22. The average molecular weight is 644 g/mol. The Bertz CT molecular complexity index is 1610. The van der Waals surface area contributed by atoms with Gasteiger partial charge in [0.2, 0.25) is 5.91 Å². The monoisotopic (exact) mass is 643 g/mol. The minimum absolute atomic E-state index is 0.0305. The molecule has 15 heteroatoms. The molecule has 7 rings (SSSR count). The maximum atomic E-state index is 13.6. The average Bonchev–Trinajstić information content (AvgIpc) is 3.85. The fraction of sp³-hybridized carbons (Fsp3) is 0.677. The van der Waals surface area contributed by atoms with Crippen molar-refractivity contribution in [2.75, 3.05) is 31.1 Å². The molecule has 3 aromatic rings. The molecule has 0 unspecified atom stereocenters. The molecule has 0 aromatic carbocycles. The molecule has 12 nitrogen and oxygen atoms in total. The number of amides is 2. The van der Waals surface area contributed by atoms with Crippen molar-refractivity contribution in [3.63, 3.8) is 0 Å². The quantitative estimate of drug-likeness (QED) is 0.383. The molecule has 6 heterocycles. The van der Waals surface area contributed by atoms with Crippen molar-refractivity contribution in [3.8, 4) is 0 Å². The van der Waals surface area contributed by atoms with Gasteiger partial charge in [-0.3, -0.25) is 14.3 Å². The van der Waals surface area contributed by atoms with E-state index in [9.17, 15) is 22.8 Å². The molecule has 0 spiro atoms. The number of carbonyl (C=O) groups is 2. The predicted molar refractivity (Wildman–Crippen MR) is 160 cm³/mol. The molecular weight excluding hydrogens is 603 g/mol. The summed E-state index contributed by atoms with van der Waals surface area (Å²) in [5.74, 6) is -1.61. The summed E-state index contributed by atoms with van der Waals surface area (Å²) in [6.07, 6.45) is 3.27. The number of anilines is 1. The lowest BCUT2D eigenvalue weighted by Crippen LogP contribution is -2.47. The summed E-state index contributed by atoms with van der Waals surface area (Å²) in [4.78, 5) is 38.1. The van der Waals surface area contributed by atoms with Crippen molar-refractivity contribution in [2.24, 2.45) is 17.8 Å². The van der Waals surface area contributed by atoms with Crippen LogP contribution in [0.1, 0.15) is 74.2 Å². The first-order chi connectivity index (χ1) is 22.0. The Morgan fingerprint density at radius 2 is 2.02 bits per heavy atom. The molecule has 3 aromatic heterocycles. The lowest BCUT2D eigenvalue weighted by Gasteiger charge is -2.38. The van der Waals surface area contributed by atoms with E-state index >= 15 is 0 Å². The molecule has 1 saturated carbocycles. The Morgan fingerprint density at radius 3 is 2.72 bits per heavy atom. The van der Waals surface area contributed by atoms with E-state index < -0.39 is 35.9 Å². The van der Waals surface area contributed by atoms with Crippen molar-refractivity contribution in [1.82, 2.24) is 40.0 Å². The second-order valence-electron chi connectivity index (χ2n) is 13.5. The van der Waals surface area contributed by atoms with E-state index in [4.69, 9.17) is 19.8 Å². The predicted octanol–water partition coefficient (Wildman–Crippen LogP) is 3.05. The van der Waals surface area contributed by atoms with Crippen molar-refractivity contribution < 1.29 is 27.5 Å². The fourth-order valence-corrected chi connectivity index (χ4v) is 7.64. The van der Waals surface area contributed by atoms with Crippen LogP contribution in [0.3, 0.4) is 0 Å². The van der Waals surface area contributed by atoms with Crippen LogP contribution in [0.25, 0.3) is 5.78 Å². The summed E-state index contributed by atoms with van der Waals surface area (Å²) >= 11 is 0. The molecule has 3 aliphatic heterocycles. The summed E-state index contributed by atoms with van der Waals surface area (Å²) in [5.41, 5.74) is 1.29. The van der Waals surface area contributed by atoms with Gasteiger partial charge in [-0.2, -0.15) is 28.4 Å². The molecule has 0 radical (unpaired) electrons. The number of carbonyl (C=O) groups excluding carboxylic acids is 2. The summed E-state index contributed by atoms with van der Waals surface area (Å²) < 4.78 is 50.0. The number of aromatic nitrogens is 6. The highest BCUT2D eigenvalue weighted by Crippen LogP contribution is 2.42. The normalized spacial score (nSPS) is 29.8. The number of ether oxygens (including phenoxy) is 1. The van der Waals surface area contributed by atoms with Gasteiger partial charge in [0, 0.05) is 50.1 Å². The number of morpholine rings is 1. The van der Waals surface area contributed by atoms with Gasteiger partial charge in [0.05, 0.1) is 36.6 Å². The largest absolute Gasteiger partial charge is 0.393 e. The van der Waals surface area contributed by atoms with E-state index in [1.807, 2.05) is 13.1 Å². The summed E-state index contributed by atoms with van der Waals surface area (Å²) in [5, 5.41) is 14.7. The van der Waals surface area contributed by atoms with Crippen LogP contribution >= 0.6 is 0 Å². The van der Waals surface area contributed by atoms with Gasteiger partial charge in [-0.1, -0.05) is 6.92 Å². The number of hydrogen-bond donors (Lipinski definition) is 2. The third kappa shape index (κ3) is 5.71. The smallest absolute Gasteiger partial charge is 0.374 e. The highest BCUT2D eigenvalue weighted by Gasteiger charge is 2.46. The fourth-order valence-electron chi connectivity index (χ4n) is 7.64. The van der Waals surface area contributed by atoms with Crippen LogP contribution in [0.4, 0.5) is 19.0 Å². The highest BCUT2D eigenvalue weighted by molar-refractivity contribution is 5.92. The SMILES string of the molecule is CCn1nccc1C(=O)NCC1(c2cn3nc(C[C@H]4C[C@@H](C(F)(F)F)CNC4=O)c(N4C[C@H]5C[C@@H]4CO5)nc3n2)CCC(C)CC1. The van der Waals surface area contributed by atoms with Crippen LogP contribution in [0.2, 0.25) is 0 Å². The summed E-state index contributed by atoms with van der Waals surface area (Å²) in [6.45, 7) is 5.85. The maximum Gasteiger partial charge on any atom is 0.393 e. The number of fused-ring (bicyclic) bond motifs is 3. The molecule has 4 fully saturated rings. The topological polar surface area (TPSA) is 132 Å². The maximum absolute atomic E-state index is 13.6. The van der Waals surface area contributed by atoms with Crippen LogP contribution in [0.15, 0.2) is 18.5 Å². The summed E-state index contributed by atoms with van der Waals surface area (Å²) in [7, 11) is 0. The van der Waals surface area contributed by atoms with Gasteiger partial charge in [-0.05, 0) is 57.4 Å². The van der Waals surface area contributed by atoms with Crippen LogP contribution in [-0.4, -0.2) is 85.7 Å². The molecule has 2 bridgehead atoms. The molecule has 248 valence electrons. The van der Waals surface area contributed by atoms with E-state index in [0.29, 0.717) is 55.1 Å². The third-order valence-corrected chi connectivity index (χ3v) is 10.5. The van der Waals surface area contributed by atoms with Gasteiger partial charge < -0.3 is 20.3 Å². The molecule has 2 amide bonds. The van der Waals surface area contributed by atoms with Crippen LogP contribution < -0.4 is 15.5 Å². The number of alkyl halides is 3. The van der Waals surface area contributed by atoms with E-state index in [0.717, 1.165) is 37.8 Å². The van der Waals surface area contributed by atoms with Crippen LogP contribution in [-0.2, 0) is 27.9 Å². The number of hydrogen-bond acceptors (Lipinski definition) is 8. The lowest BCUT2D eigenvalue weighted by molar-refractivity contribution is -0.183. The van der Waals surface area contributed by atoms with Gasteiger partial charge >= 0.3 is 6.18 Å². The zero-order valence-electron chi connectivity index (χ0n) is 26.1. The second kappa shape index (κ2) is 11.8. The van der Waals surface area contributed by atoms with E-state index in [1.165, 1.54) is 0 Å². The van der Waals surface area contributed by atoms with Gasteiger partial charge in [0.15, 0.2) is 5.82 Å². The Labute approximate surface area is 264 Å². The standard InChI is InChI=1S/C31H40F3N9O3/c1-3-42-24(6-9-37-42)28(45)36-17-30(7-4-18(2)5-8-30)25-15-43-29(38-25)39-26(41-14-22-12-21(41)16-46-22)23(40-43)11-19-10-20(31(32,33)34)13-35-27(19)44/h6,9,15,18-22H,3-5,7-8,10-14,16-17H2,1-2H3,(H,35,44)(H,36,45)/t18?,19-,20-,21-,22-,30?/m1/s1. The minimum atomic E-state index is -4.40. The number of rotatable bonds is 8. The van der Waals surface area contributed by atoms with Crippen molar-refractivity contribution in [2.45, 2.75) is 89.1 Å². The zero-order chi connectivity index (χ0) is 32.2. The first-order valence-electron chi connectivity index (χ1n) is 16.3.